The van der Waals surface area contributed by atoms with Crippen LogP contribution in [0.4, 0.5) is 4.39 Å². The number of aromatic nitrogens is 1. The maximum absolute atomic E-state index is 12.7. The molecule has 1 aromatic heterocycles. The monoisotopic (exact) mass is 242 g/mol. The van der Waals surface area contributed by atoms with Crippen LogP contribution in [-0.4, -0.2) is 41.7 Å². The fourth-order valence-corrected chi connectivity index (χ4v) is 1.04. The zero-order chi connectivity index (χ0) is 12.7. The average molecular weight is 242 g/mol. The number of carbonyl (C=O) groups excluding carboxylic acids is 1. The van der Waals surface area contributed by atoms with Gasteiger partial charge in [0.05, 0.1) is 6.61 Å². The fourth-order valence-electron chi connectivity index (χ4n) is 1.04. The van der Waals surface area contributed by atoms with Gasteiger partial charge in [-0.25, -0.2) is 9.78 Å². The number of hydrogen-bond acceptors (Lipinski definition) is 4. The highest BCUT2D eigenvalue weighted by Crippen LogP contribution is 1.99. The molecule has 2 N–H and O–H groups in total. The van der Waals surface area contributed by atoms with Gasteiger partial charge in [-0.15, -0.1) is 0 Å². The van der Waals surface area contributed by atoms with Crippen molar-refractivity contribution < 1.29 is 23.8 Å². The number of carbonyl (C=O) groups is 2. The molecule has 0 unspecified atom stereocenters. The summed E-state index contributed by atoms with van der Waals surface area (Å²) in [4.78, 5) is 24.8. The molecule has 0 radical (unpaired) electrons. The molecule has 0 atom stereocenters. The lowest BCUT2D eigenvalue weighted by atomic mass is 10.2. The Morgan fingerprint density at radius 2 is 2.29 bits per heavy atom. The van der Waals surface area contributed by atoms with Crippen LogP contribution in [0.5, 0.6) is 0 Å². The van der Waals surface area contributed by atoms with E-state index in [2.05, 4.69) is 10.3 Å². The molecular formula is C10H11FN2O4. The Hall–Kier alpha value is -2.02. The van der Waals surface area contributed by atoms with Gasteiger partial charge in [-0.1, -0.05) is 0 Å². The molecular weight excluding hydrogens is 231 g/mol. The van der Waals surface area contributed by atoms with Gasteiger partial charge < -0.3 is 15.2 Å². The van der Waals surface area contributed by atoms with E-state index in [0.29, 0.717) is 0 Å². The van der Waals surface area contributed by atoms with Crippen LogP contribution >= 0.6 is 0 Å². The van der Waals surface area contributed by atoms with Gasteiger partial charge in [0.15, 0.2) is 0 Å². The first-order chi connectivity index (χ1) is 8.09. The predicted molar refractivity (Wildman–Crippen MR) is 55.0 cm³/mol. The first-order valence-corrected chi connectivity index (χ1v) is 4.79. The number of halogens is 1. The Kier molecular flexibility index (Phi) is 5.02. The van der Waals surface area contributed by atoms with E-state index in [-0.39, 0.29) is 18.7 Å². The molecule has 0 spiro atoms. The largest absolute Gasteiger partial charge is 0.480 e. The van der Waals surface area contributed by atoms with E-state index in [1.807, 2.05) is 0 Å². The lowest BCUT2D eigenvalue weighted by Gasteiger charge is -2.04. The second-order valence-electron chi connectivity index (χ2n) is 3.07. The minimum atomic E-state index is -1.08. The molecule has 0 saturated heterocycles. The summed E-state index contributed by atoms with van der Waals surface area (Å²) in [7, 11) is 0. The van der Waals surface area contributed by atoms with E-state index in [1.165, 1.54) is 12.3 Å². The highest BCUT2D eigenvalue weighted by atomic mass is 19.1. The van der Waals surface area contributed by atoms with Gasteiger partial charge >= 0.3 is 5.97 Å². The highest BCUT2D eigenvalue weighted by molar-refractivity contribution is 5.93. The first-order valence-electron chi connectivity index (χ1n) is 4.79. The summed E-state index contributed by atoms with van der Waals surface area (Å²) in [6, 6.07) is 2.38. The number of hydrogen-bond donors (Lipinski definition) is 2. The van der Waals surface area contributed by atoms with Gasteiger partial charge in [-0.3, -0.25) is 4.79 Å². The molecule has 1 amide bonds. The van der Waals surface area contributed by atoms with E-state index >= 15 is 0 Å². The van der Waals surface area contributed by atoms with Gasteiger partial charge in [0.1, 0.15) is 6.61 Å². The lowest BCUT2D eigenvalue weighted by molar-refractivity contribution is -0.142. The second-order valence-corrected chi connectivity index (χ2v) is 3.07. The molecule has 17 heavy (non-hydrogen) atoms. The number of ether oxygens (including phenoxy) is 1. The maximum atomic E-state index is 12.7. The van der Waals surface area contributed by atoms with Crippen molar-refractivity contribution >= 4 is 11.9 Å². The minimum absolute atomic E-state index is 0.0750. The van der Waals surface area contributed by atoms with Crippen LogP contribution in [0.1, 0.15) is 10.4 Å². The summed E-state index contributed by atoms with van der Waals surface area (Å²) in [5.74, 6) is -2.28. The summed E-state index contributed by atoms with van der Waals surface area (Å²) in [6.45, 7) is -0.193. The summed E-state index contributed by atoms with van der Waals surface area (Å²) >= 11 is 0. The quantitative estimate of drug-likeness (QED) is 0.543. The van der Waals surface area contributed by atoms with Crippen LogP contribution in [0.2, 0.25) is 0 Å². The molecule has 0 aliphatic rings. The standard InChI is InChI=1S/C10H11FN2O4/c11-8-5-7(1-2-12-8)10(16)13-3-4-17-6-9(14)15/h1-2,5H,3-4,6H2,(H,13,16)(H,14,15). The van der Waals surface area contributed by atoms with Crippen molar-refractivity contribution in [2.24, 2.45) is 0 Å². The molecule has 1 aromatic rings. The van der Waals surface area contributed by atoms with E-state index in [9.17, 15) is 14.0 Å². The Labute approximate surface area is 96.4 Å². The van der Waals surface area contributed by atoms with Crippen LogP contribution in [-0.2, 0) is 9.53 Å². The first kappa shape index (κ1) is 13.0. The van der Waals surface area contributed by atoms with E-state index in [0.717, 1.165) is 6.07 Å². The van der Waals surface area contributed by atoms with Crippen LogP contribution in [0.15, 0.2) is 18.3 Å². The van der Waals surface area contributed by atoms with Crippen LogP contribution < -0.4 is 5.32 Å². The SMILES string of the molecule is O=C(O)COCCNC(=O)c1ccnc(F)c1. The third kappa shape index (κ3) is 5.03. The number of rotatable bonds is 6. The van der Waals surface area contributed by atoms with Crippen molar-refractivity contribution in [3.8, 4) is 0 Å². The normalized spacial score (nSPS) is 9.94. The molecule has 0 aromatic carbocycles. The summed E-state index contributed by atoms with van der Waals surface area (Å²) in [5.41, 5.74) is 0.149. The molecule has 7 heteroatoms. The second kappa shape index (κ2) is 6.54. The molecule has 6 nitrogen and oxygen atoms in total. The molecule has 0 aliphatic carbocycles. The van der Waals surface area contributed by atoms with E-state index < -0.39 is 24.4 Å². The van der Waals surface area contributed by atoms with Gasteiger partial charge in [-0.2, -0.15) is 4.39 Å². The van der Waals surface area contributed by atoms with Crippen molar-refractivity contribution in [3.05, 3.63) is 29.8 Å². The van der Waals surface area contributed by atoms with Gasteiger partial charge in [0.25, 0.3) is 5.91 Å². The molecule has 92 valence electrons. The molecule has 1 rings (SSSR count). The van der Waals surface area contributed by atoms with Crippen molar-refractivity contribution in [1.82, 2.24) is 10.3 Å². The maximum Gasteiger partial charge on any atom is 0.329 e. The Balaban J connectivity index is 2.28. The third-order valence-electron chi connectivity index (χ3n) is 1.75. The fraction of sp³-hybridized carbons (Fsp3) is 0.300. The van der Waals surface area contributed by atoms with E-state index in [4.69, 9.17) is 9.84 Å². The van der Waals surface area contributed by atoms with Gasteiger partial charge in [0, 0.05) is 24.4 Å². The number of carboxylic acids is 1. The molecule has 0 fully saturated rings. The molecule has 0 saturated carbocycles. The molecule has 0 aliphatic heterocycles. The van der Waals surface area contributed by atoms with Crippen molar-refractivity contribution in [2.45, 2.75) is 0 Å². The Bertz CT molecular complexity index is 411. The Morgan fingerprint density at radius 3 is 2.94 bits per heavy atom. The number of aliphatic carboxylic acids is 1. The smallest absolute Gasteiger partial charge is 0.329 e. The van der Waals surface area contributed by atoms with E-state index in [1.54, 1.807) is 0 Å². The predicted octanol–water partition coefficient (Wildman–Crippen LogP) is 0.0517. The minimum Gasteiger partial charge on any atom is -0.480 e. The van der Waals surface area contributed by atoms with Gasteiger partial charge in [0.2, 0.25) is 5.95 Å². The van der Waals surface area contributed by atoms with Crippen molar-refractivity contribution in [1.29, 1.82) is 0 Å². The van der Waals surface area contributed by atoms with Crippen molar-refractivity contribution in [3.63, 3.8) is 0 Å². The third-order valence-corrected chi connectivity index (χ3v) is 1.75. The Morgan fingerprint density at radius 1 is 1.53 bits per heavy atom. The van der Waals surface area contributed by atoms with Gasteiger partial charge in [-0.05, 0) is 6.07 Å². The summed E-state index contributed by atoms with van der Waals surface area (Å²) in [5, 5.41) is 10.7. The zero-order valence-corrected chi connectivity index (χ0v) is 8.85. The number of nitrogens with one attached hydrogen (secondary N) is 1. The highest BCUT2D eigenvalue weighted by Gasteiger charge is 2.06. The van der Waals surface area contributed by atoms with Crippen LogP contribution in [0.3, 0.4) is 0 Å². The average Bonchev–Trinajstić information content (AvgIpc) is 2.28. The summed E-state index contributed by atoms with van der Waals surface area (Å²) < 4.78 is 17.4. The van der Waals surface area contributed by atoms with Crippen LogP contribution in [0.25, 0.3) is 0 Å². The summed E-state index contributed by atoms with van der Waals surface area (Å²) in [6.07, 6.45) is 1.19. The lowest BCUT2D eigenvalue weighted by Crippen LogP contribution is -2.28. The number of nitrogens with zero attached hydrogens (tertiary/aromatic N) is 1. The molecule has 1 heterocycles. The topological polar surface area (TPSA) is 88.5 Å². The number of amides is 1. The number of pyridine rings is 1. The van der Waals surface area contributed by atoms with Crippen LogP contribution in [0, 0.1) is 5.95 Å². The van der Waals surface area contributed by atoms with Crippen molar-refractivity contribution in [2.75, 3.05) is 19.8 Å². The molecule has 0 bridgehead atoms. The zero-order valence-electron chi connectivity index (χ0n) is 8.85. The number of carboxylic acid groups (broad SMARTS) is 1.